The number of thiazole rings is 1. The van der Waals surface area contributed by atoms with Crippen LogP contribution in [0.5, 0.6) is 5.75 Å². The second kappa shape index (κ2) is 7.38. The van der Waals surface area contributed by atoms with E-state index in [1.54, 1.807) is 23.1 Å². The van der Waals surface area contributed by atoms with Crippen molar-refractivity contribution in [2.24, 2.45) is 0 Å². The lowest BCUT2D eigenvalue weighted by Gasteiger charge is -2.29. The van der Waals surface area contributed by atoms with E-state index in [2.05, 4.69) is 10.3 Å². The van der Waals surface area contributed by atoms with Crippen LogP contribution in [0, 0.1) is 0 Å². The SMILES string of the molecule is O=C(CN1CC(=O)Oc2ccc(Cl)cc21)Nc1nc(-c2ccccc2)cs1. The summed E-state index contributed by atoms with van der Waals surface area (Å²) in [5.41, 5.74) is 2.40. The second-order valence-corrected chi connectivity index (χ2v) is 7.19. The molecule has 0 unspecified atom stereocenters. The van der Waals surface area contributed by atoms with Crippen molar-refractivity contribution < 1.29 is 14.3 Å². The van der Waals surface area contributed by atoms with E-state index >= 15 is 0 Å². The van der Waals surface area contributed by atoms with E-state index in [-0.39, 0.29) is 19.0 Å². The molecule has 0 atom stereocenters. The van der Waals surface area contributed by atoms with Crippen LogP contribution in [0.25, 0.3) is 11.3 Å². The molecule has 0 radical (unpaired) electrons. The van der Waals surface area contributed by atoms with Crippen LogP contribution < -0.4 is 15.0 Å². The van der Waals surface area contributed by atoms with E-state index in [4.69, 9.17) is 16.3 Å². The zero-order chi connectivity index (χ0) is 18.8. The summed E-state index contributed by atoms with van der Waals surface area (Å²) >= 11 is 7.38. The molecule has 0 bridgehead atoms. The monoisotopic (exact) mass is 399 g/mol. The lowest BCUT2D eigenvalue weighted by molar-refractivity contribution is -0.133. The molecule has 0 aliphatic carbocycles. The van der Waals surface area contributed by atoms with Crippen molar-refractivity contribution in [1.82, 2.24) is 4.98 Å². The molecule has 0 fully saturated rings. The molecule has 0 saturated heterocycles. The Kier molecular flexibility index (Phi) is 4.79. The summed E-state index contributed by atoms with van der Waals surface area (Å²) in [5, 5.41) is 5.68. The van der Waals surface area contributed by atoms with Gasteiger partial charge in [0.15, 0.2) is 10.9 Å². The summed E-state index contributed by atoms with van der Waals surface area (Å²) in [4.78, 5) is 30.3. The van der Waals surface area contributed by atoms with Gasteiger partial charge in [-0.1, -0.05) is 41.9 Å². The number of ether oxygens (including phenoxy) is 1. The lowest BCUT2D eigenvalue weighted by Crippen LogP contribution is -2.41. The number of hydrogen-bond acceptors (Lipinski definition) is 6. The topological polar surface area (TPSA) is 71.5 Å². The van der Waals surface area contributed by atoms with Crippen LogP contribution in [-0.4, -0.2) is 29.9 Å². The summed E-state index contributed by atoms with van der Waals surface area (Å²) in [6.45, 7) is -0.0312. The molecule has 1 amide bonds. The largest absolute Gasteiger partial charge is 0.423 e. The number of nitrogens with zero attached hydrogens (tertiary/aromatic N) is 2. The van der Waals surface area contributed by atoms with Crippen molar-refractivity contribution in [3.8, 4) is 17.0 Å². The number of anilines is 2. The Balaban J connectivity index is 1.47. The van der Waals surface area contributed by atoms with E-state index < -0.39 is 5.97 Å². The first-order chi connectivity index (χ1) is 13.1. The van der Waals surface area contributed by atoms with Gasteiger partial charge in [-0.2, -0.15) is 0 Å². The zero-order valence-electron chi connectivity index (χ0n) is 14.0. The van der Waals surface area contributed by atoms with Gasteiger partial charge in [0.05, 0.1) is 17.9 Å². The van der Waals surface area contributed by atoms with Crippen molar-refractivity contribution in [2.75, 3.05) is 23.3 Å². The van der Waals surface area contributed by atoms with Gasteiger partial charge in [-0.05, 0) is 18.2 Å². The van der Waals surface area contributed by atoms with Gasteiger partial charge in [-0.3, -0.25) is 4.79 Å². The first-order valence-electron chi connectivity index (χ1n) is 8.14. The van der Waals surface area contributed by atoms with Gasteiger partial charge in [0, 0.05) is 16.0 Å². The van der Waals surface area contributed by atoms with Gasteiger partial charge in [-0.15, -0.1) is 11.3 Å². The number of halogens is 1. The Labute approximate surface area is 164 Å². The summed E-state index contributed by atoms with van der Waals surface area (Å²) in [6.07, 6.45) is 0. The molecule has 0 saturated carbocycles. The minimum atomic E-state index is -0.418. The van der Waals surface area contributed by atoms with Crippen molar-refractivity contribution in [3.63, 3.8) is 0 Å². The van der Waals surface area contributed by atoms with Crippen LogP contribution in [0.1, 0.15) is 0 Å². The maximum atomic E-state index is 12.5. The molecular weight excluding hydrogens is 386 g/mol. The highest BCUT2D eigenvalue weighted by Crippen LogP contribution is 2.34. The molecule has 2 heterocycles. The standard InChI is InChI=1S/C19H14ClN3O3S/c20-13-6-7-16-15(8-13)23(10-18(25)26-16)9-17(24)22-19-21-14(11-27-19)12-4-2-1-3-5-12/h1-8,11H,9-10H2,(H,21,22,24). The van der Waals surface area contributed by atoms with Crippen molar-refractivity contribution in [1.29, 1.82) is 0 Å². The molecule has 136 valence electrons. The zero-order valence-corrected chi connectivity index (χ0v) is 15.6. The third-order valence-electron chi connectivity index (χ3n) is 3.96. The molecule has 1 N–H and O–H groups in total. The number of carbonyl (C=O) groups is 2. The average molecular weight is 400 g/mol. The predicted octanol–water partition coefficient (Wildman–Crippen LogP) is 3.83. The number of nitrogens with one attached hydrogen (secondary N) is 1. The molecule has 27 heavy (non-hydrogen) atoms. The Bertz CT molecular complexity index is 1010. The average Bonchev–Trinajstić information content (AvgIpc) is 3.11. The highest BCUT2D eigenvalue weighted by atomic mass is 35.5. The summed E-state index contributed by atoms with van der Waals surface area (Å²) in [5.74, 6) is -0.299. The van der Waals surface area contributed by atoms with Gasteiger partial charge in [0.2, 0.25) is 5.91 Å². The van der Waals surface area contributed by atoms with Crippen LogP contribution in [-0.2, 0) is 9.59 Å². The highest BCUT2D eigenvalue weighted by molar-refractivity contribution is 7.14. The van der Waals surface area contributed by atoms with Crippen LogP contribution in [0.2, 0.25) is 5.02 Å². The maximum Gasteiger partial charge on any atom is 0.331 e. The van der Waals surface area contributed by atoms with Crippen LogP contribution >= 0.6 is 22.9 Å². The van der Waals surface area contributed by atoms with Gasteiger partial charge < -0.3 is 15.0 Å². The molecule has 2 aromatic carbocycles. The van der Waals surface area contributed by atoms with Crippen LogP contribution in [0.4, 0.5) is 10.8 Å². The second-order valence-electron chi connectivity index (χ2n) is 5.89. The molecule has 0 spiro atoms. The van der Waals surface area contributed by atoms with E-state index in [1.807, 2.05) is 35.7 Å². The fourth-order valence-corrected chi connectivity index (χ4v) is 3.67. The highest BCUT2D eigenvalue weighted by Gasteiger charge is 2.26. The predicted molar refractivity (Wildman–Crippen MR) is 105 cm³/mol. The van der Waals surface area contributed by atoms with Crippen molar-refractivity contribution >= 4 is 45.6 Å². The normalized spacial score (nSPS) is 13.1. The van der Waals surface area contributed by atoms with E-state index in [0.29, 0.717) is 21.6 Å². The molecule has 1 aromatic heterocycles. The number of amides is 1. The smallest absolute Gasteiger partial charge is 0.331 e. The molecular formula is C19H14ClN3O3S. The molecule has 8 heteroatoms. The Hall–Kier alpha value is -2.90. The third kappa shape index (κ3) is 3.94. The number of aromatic nitrogens is 1. The number of benzene rings is 2. The molecule has 1 aliphatic rings. The first kappa shape index (κ1) is 17.5. The van der Waals surface area contributed by atoms with Crippen molar-refractivity contribution in [3.05, 3.63) is 58.9 Å². The van der Waals surface area contributed by atoms with Crippen LogP contribution in [0.15, 0.2) is 53.9 Å². The summed E-state index contributed by atoms with van der Waals surface area (Å²) < 4.78 is 5.19. The molecule has 4 rings (SSSR count). The van der Waals surface area contributed by atoms with Gasteiger partial charge in [0.1, 0.15) is 6.54 Å². The van der Waals surface area contributed by atoms with E-state index in [0.717, 1.165) is 11.3 Å². The maximum absolute atomic E-state index is 12.5. The van der Waals surface area contributed by atoms with E-state index in [1.165, 1.54) is 11.3 Å². The van der Waals surface area contributed by atoms with Gasteiger partial charge in [-0.25, -0.2) is 9.78 Å². The Morgan fingerprint density at radius 2 is 2.07 bits per heavy atom. The number of carbonyl (C=O) groups excluding carboxylic acids is 2. The van der Waals surface area contributed by atoms with Crippen molar-refractivity contribution in [2.45, 2.75) is 0 Å². The number of esters is 1. The quantitative estimate of drug-likeness (QED) is 0.533. The van der Waals surface area contributed by atoms with E-state index in [9.17, 15) is 9.59 Å². The number of rotatable bonds is 4. The fraction of sp³-hybridized carbons (Fsp3) is 0.105. The van der Waals surface area contributed by atoms with Gasteiger partial charge in [0.25, 0.3) is 0 Å². The molecule has 1 aliphatic heterocycles. The van der Waals surface area contributed by atoms with Gasteiger partial charge >= 0.3 is 5.97 Å². The number of fused-ring (bicyclic) bond motifs is 1. The lowest BCUT2D eigenvalue weighted by atomic mass is 10.2. The molecule has 3 aromatic rings. The Morgan fingerprint density at radius 1 is 1.26 bits per heavy atom. The fourth-order valence-electron chi connectivity index (χ4n) is 2.77. The number of hydrogen-bond donors (Lipinski definition) is 1. The Morgan fingerprint density at radius 3 is 2.89 bits per heavy atom. The minimum absolute atomic E-state index is 0.0112. The first-order valence-corrected chi connectivity index (χ1v) is 9.40. The minimum Gasteiger partial charge on any atom is -0.423 e. The van der Waals surface area contributed by atoms with Crippen LogP contribution in [0.3, 0.4) is 0 Å². The molecule has 6 nitrogen and oxygen atoms in total. The summed E-state index contributed by atoms with van der Waals surface area (Å²) in [6, 6.07) is 14.7. The third-order valence-corrected chi connectivity index (χ3v) is 4.95. The summed E-state index contributed by atoms with van der Waals surface area (Å²) in [7, 11) is 0.